The average Bonchev–Trinajstić information content (AvgIpc) is 4.02. The van der Waals surface area contributed by atoms with Crippen LogP contribution in [0.4, 0.5) is 9.80 Å². The third kappa shape index (κ3) is 10.7. The van der Waals surface area contributed by atoms with Gasteiger partial charge in [0.2, 0.25) is 5.91 Å². The molecule has 11 atom stereocenters. The minimum atomic E-state index is -1.74. The van der Waals surface area contributed by atoms with E-state index in [1.807, 2.05) is 30.3 Å². The van der Waals surface area contributed by atoms with E-state index in [1.54, 1.807) is 10.9 Å². The predicted molar refractivity (Wildman–Crippen MR) is 199 cm³/mol. The Labute approximate surface area is 337 Å². The highest BCUT2D eigenvalue weighted by Crippen LogP contribution is 2.32. The van der Waals surface area contributed by atoms with E-state index in [9.17, 15) is 45.3 Å². The number of nitrogens with one attached hydrogen (secondary N) is 1. The van der Waals surface area contributed by atoms with Crippen molar-refractivity contribution < 1.29 is 69.0 Å². The second-order valence-electron chi connectivity index (χ2n) is 14.3. The molecule has 6 rings (SSSR count). The van der Waals surface area contributed by atoms with Crippen molar-refractivity contribution in [2.75, 3.05) is 31.7 Å². The Bertz CT molecular complexity index is 1740. The minimum Gasteiger partial charge on any atom is -0.449 e. The molecule has 0 spiro atoms. The maximum Gasteiger partial charge on any atom is 0.410 e. The fraction of sp³-hybridized carbons (Fsp3) is 0.667. The molecule has 1 aromatic carbocycles. The number of unbranched alkanes of at least 4 members (excludes halogenated alkanes) is 3. The summed E-state index contributed by atoms with van der Waals surface area (Å²) in [4.78, 5) is 27.5. The van der Waals surface area contributed by atoms with Gasteiger partial charge in [-0.15, -0.1) is 10.2 Å². The number of benzene rings is 1. The van der Waals surface area contributed by atoms with E-state index < -0.39 is 80.2 Å². The number of aliphatic hydroxyl groups is 7. The summed E-state index contributed by atoms with van der Waals surface area (Å²) in [5, 5.41) is 87.3. The molecule has 58 heavy (non-hydrogen) atoms. The number of anilines is 1. The lowest BCUT2D eigenvalue weighted by atomic mass is 9.96. The van der Waals surface area contributed by atoms with Crippen molar-refractivity contribution in [2.24, 2.45) is 0 Å². The van der Waals surface area contributed by atoms with Gasteiger partial charge in [-0.25, -0.2) is 4.79 Å². The smallest absolute Gasteiger partial charge is 0.410 e. The highest BCUT2D eigenvalue weighted by atomic mass is 32.1. The number of aromatic nitrogens is 5. The molecule has 3 saturated heterocycles. The number of aryl methyl sites for hydroxylation is 1. The van der Waals surface area contributed by atoms with E-state index in [1.165, 1.54) is 4.90 Å². The Morgan fingerprint density at radius 2 is 1.66 bits per heavy atom. The highest BCUT2D eigenvalue weighted by Gasteiger charge is 2.50. The van der Waals surface area contributed by atoms with Gasteiger partial charge in [-0.3, -0.25) is 14.4 Å². The van der Waals surface area contributed by atoms with Crippen LogP contribution in [0.1, 0.15) is 50.6 Å². The van der Waals surface area contributed by atoms with Gasteiger partial charge in [-0.1, -0.05) is 46.5 Å². The van der Waals surface area contributed by atoms with Crippen LogP contribution >= 0.6 is 11.5 Å². The van der Waals surface area contributed by atoms with Crippen LogP contribution in [0.5, 0.6) is 0 Å². The Hall–Kier alpha value is -3.78. The normalized spacial score (nSPS) is 30.1. The molecule has 8 N–H and O–H groups in total. The van der Waals surface area contributed by atoms with Gasteiger partial charge in [0, 0.05) is 36.8 Å². The number of carbonyl (C=O) groups excluding carboxylic acids is 2. The zero-order valence-corrected chi connectivity index (χ0v) is 32.4. The zero-order valence-electron chi connectivity index (χ0n) is 31.6. The van der Waals surface area contributed by atoms with Crippen molar-refractivity contribution in [2.45, 2.75) is 126 Å². The Balaban J connectivity index is 0.869. The highest BCUT2D eigenvalue weighted by molar-refractivity contribution is 7.10. The van der Waals surface area contributed by atoms with Gasteiger partial charge in [-0.05, 0) is 38.5 Å². The van der Waals surface area contributed by atoms with Gasteiger partial charge in [-0.2, -0.15) is 0 Å². The summed E-state index contributed by atoms with van der Waals surface area (Å²) in [6.07, 6.45) is -9.74. The van der Waals surface area contributed by atoms with Crippen LogP contribution in [0.3, 0.4) is 0 Å². The second kappa shape index (κ2) is 21.0. The number of ether oxygens (including phenoxy) is 5. The molecule has 3 aliphatic heterocycles. The summed E-state index contributed by atoms with van der Waals surface area (Å²) < 4.78 is 33.6. The van der Waals surface area contributed by atoms with Crippen LogP contribution in [0.15, 0.2) is 36.5 Å². The average molecular weight is 838 g/mol. The lowest BCUT2D eigenvalue weighted by Gasteiger charge is -2.46. The molecule has 21 nitrogen and oxygen atoms in total. The van der Waals surface area contributed by atoms with Crippen LogP contribution in [0.2, 0.25) is 0 Å². The number of amides is 2. The number of aliphatic hydroxyl groups excluding tert-OH is 7. The van der Waals surface area contributed by atoms with Crippen molar-refractivity contribution in [3.63, 3.8) is 0 Å². The number of hydrogen-bond donors (Lipinski definition) is 8. The lowest BCUT2D eigenvalue weighted by Crippen LogP contribution is -2.64. The Kier molecular flexibility index (Phi) is 15.8. The van der Waals surface area contributed by atoms with E-state index in [2.05, 4.69) is 25.2 Å². The molecule has 2 amide bonds. The first-order valence-electron chi connectivity index (χ1n) is 19.3. The largest absolute Gasteiger partial charge is 0.449 e. The molecule has 3 fully saturated rings. The molecule has 0 saturated carbocycles. The first-order valence-corrected chi connectivity index (χ1v) is 20.1. The zero-order chi connectivity index (χ0) is 41.2. The third-order valence-electron chi connectivity index (χ3n) is 10.2. The molecule has 5 heterocycles. The van der Waals surface area contributed by atoms with E-state index >= 15 is 0 Å². The summed E-state index contributed by atoms with van der Waals surface area (Å²) in [6, 6.07) is 8.77. The number of nitrogens with zero attached hydrogens (tertiary/aromatic N) is 6. The number of hydrogen-bond acceptors (Lipinski definition) is 19. The van der Waals surface area contributed by atoms with Gasteiger partial charge < -0.3 is 64.7 Å². The maximum atomic E-state index is 13.2. The van der Waals surface area contributed by atoms with Crippen molar-refractivity contribution >= 4 is 28.5 Å². The van der Waals surface area contributed by atoms with E-state index in [-0.39, 0.29) is 32.1 Å². The monoisotopic (exact) mass is 837 g/mol. The Morgan fingerprint density at radius 3 is 2.43 bits per heavy atom. The molecule has 2 aromatic heterocycles. The molecule has 320 valence electrons. The van der Waals surface area contributed by atoms with Crippen molar-refractivity contribution in [3.05, 3.63) is 42.2 Å². The molecule has 0 bridgehead atoms. The molecule has 22 heteroatoms. The molecular weight excluding hydrogens is 786 g/mol. The molecule has 0 aliphatic carbocycles. The fourth-order valence-corrected chi connectivity index (χ4v) is 7.67. The maximum absolute atomic E-state index is 13.2. The van der Waals surface area contributed by atoms with Crippen LogP contribution in [-0.4, -0.2) is 171 Å². The van der Waals surface area contributed by atoms with E-state index in [0.717, 1.165) is 36.4 Å². The molecule has 4 unspecified atom stereocenters. The second-order valence-corrected chi connectivity index (χ2v) is 15.1. The van der Waals surface area contributed by atoms with Gasteiger partial charge in [0.05, 0.1) is 32.1 Å². The number of rotatable bonds is 18. The van der Waals surface area contributed by atoms with Crippen molar-refractivity contribution in [1.29, 1.82) is 0 Å². The molecule has 3 aromatic rings. The van der Waals surface area contributed by atoms with Gasteiger partial charge in [0.25, 0.3) is 0 Å². The van der Waals surface area contributed by atoms with Crippen LogP contribution in [0.25, 0.3) is 11.3 Å². The van der Waals surface area contributed by atoms with Gasteiger partial charge >= 0.3 is 6.09 Å². The quantitative estimate of drug-likeness (QED) is 0.0722. The van der Waals surface area contributed by atoms with Crippen LogP contribution < -0.4 is 5.32 Å². The number of carbonyl (C=O) groups is 2. The van der Waals surface area contributed by atoms with E-state index in [0.29, 0.717) is 48.7 Å². The minimum absolute atomic E-state index is 0.0736. The summed E-state index contributed by atoms with van der Waals surface area (Å²) in [7, 11) is 0. The van der Waals surface area contributed by atoms with Crippen LogP contribution in [-0.2, 0) is 41.6 Å². The fourth-order valence-electron chi connectivity index (χ4n) is 7.07. The van der Waals surface area contributed by atoms with Gasteiger partial charge in [0.1, 0.15) is 65.2 Å². The van der Waals surface area contributed by atoms with Crippen LogP contribution in [0, 0.1) is 0 Å². The standard InChI is InChI=1S/C36H51N7O14S/c44-15-12-23-26(46)27(47)29(49)35(55-23)57-31-24(18-45)56-34(30(50)28(31)48)54-19-21-17-42(40-38-21)13-6-1-2-7-16-53-36(52)43-14-8-11-22(43)32(51)37-33-25(39-41-58-33)20-9-4-3-5-10-20/h3-5,9-10,17,22-24,26-31,34-35,44-50H,1-2,6-8,11-16,18-19H2,(H,37,51)/t22-,23?,24?,26-,27-,28+,29?,30?,31+,34+,35-/m0/s1. The van der Waals surface area contributed by atoms with E-state index in [4.69, 9.17) is 23.7 Å². The summed E-state index contributed by atoms with van der Waals surface area (Å²) in [5.41, 5.74) is 1.82. The predicted octanol–water partition coefficient (Wildman–Crippen LogP) is -0.872. The summed E-state index contributed by atoms with van der Waals surface area (Å²) in [5.74, 6) is -0.304. The third-order valence-corrected chi connectivity index (χ3v) is 10.9. The summed E-state index contributed by atoms with van der Waals surface area (Å²) in [6.45, 7) is -0.0223. The molecule has 3 aliphatic rings. The van der Waals surface area contributed by atoms with Crippen molar-refractivity contribution in [3.8, 4) is 11.3 Å². The summed E-state index contributed by atoms with van der Waals surface area (Å²) >= 11 is 1.08. The van der Waals surface area contributed by atoms with Gasteiger partial charge in [0.15, 0.2) is 12.6 Å². The number of likely N-dealkylation sites (tertiary alicyclic amines) is 1. The van der Waals surface area contributed by atoms with Crippen molar-refractivity contribution in [1.82, 2.24) is 29.5 Å². The first kappa shape index (κ1) is 43.8. The SMILES string of the molecule is O=C(Nc1snnc1-c1ccccc1)[C@@H]1CCCN1C(=O)OCCCCCCn1cc(CO[C@@H]2OC(CO)[C@@H](O[C@@H]3OC(CCO)[C@H](O)[C@H](O)C3O)[C@H](O)C2O)nn1. The lowest BCUT2D eigenvalue weighted by molar-refractivity contribution is -0.359. The molecule has 0 radical (unpaired) electrons. The Morgan fingerprint density at radius 1 is 0.897 bits per heavy atom. The first-order chi connectivity index (χ1) is 28.1. The molecular formula is C36H51N7O14S. The topological polar surface area (TPSA) is 294 Å².